The van der Waals surface area contributed by atoms with Crippen LogP contribution < -0.4 is 5.32 Å². The average molecular weight is 231 g/mol. The van der Waals surface area contributed by atoms with Crippen LogP contribution in [-0.4, -0.2) is 11.1 Å². The van der Waals surface area contributed by atoms with Gasteiger partial charge in [-0.15, -0.1) is 0 Å². The quantitative estimate of drug-likeness (QED) is 0.849. The molecule has 0 saturated carbocycles. The summed E-state index contributed by atoms with van der Waals surface area (Å²) in [6, 6.07) is 6.90. The van der Waals surface area contributed by atoms with Crippen LogP contribution >= 0.6 is 0 Å². The fraction of sp³-hybridized carbons (Fsp3) is 0.154. The van der Waals surface area contributed by atoms with Gasteiger partial charge in [-0.3, -0.25) is 0 Å². The summed E-state index contributed by atoms with van der Waals surface area (Å²) in [5.41, 5.74) is 3.19. The van der Waals surface area contributed by atoms with Gasteiger partial charge in [-0.05, 0) is 36.8 Å². The molecule has 0 aliphatic heterocycles. The van der Waals surface area contributed by atoms with Crippen LogP contribution in [0.25, 0.3) is 0 Å². The average Bonchev–Trinajstić information content (AvgIpc) is 2.80. The van der Waals surface area contributed by atoms with Crippen LogP contribution in [0.1, 0.15) is 21.5 Å². The highest BCUT2D eigenvalue weighted by Gasteiger charge is 2.05. The van der Waals surface area contributed by atoms with Gasteiger partial charge in [0.15, 0.2) is 0 Å². The highest BCUT2D eigenvalue weighted by Crippen LogP contribution is 2.17. The van der Waals surface area contributed by atoms with Crippen molar-refractivity contribution in [3.63, 3.8) is 0 Å². The van der Waals surface area contributed by atoms with Gasteiger partial charge in [0.05, 0.1) is 18.1 Å². The number of hydrogen-bond acceptors (Lipinski definition) is 3. The molecule has 2 N–H and O–H groups in total. The number of carboxylic acid groups (broad SMARTS) is 1. The van der Waals surface area contributed by atoms with Crippen molar-refractivity contribution in [1.82, 2.24) is 0 Å². The standard InChI is InChI=1S/C13H13NO3/c1-9-6-11(13(15)16)2-3-12(9)14-7-10-4-5-17-8-10/h2-6,8,14H,7H2,1H3,(H,15,16). The van der Waals surface area contributed by atoms with Crippen molar-refractivity contribution in [3.8, 4) is 0 Å². The summed E-state index contributed by atoms with van der Waals surface area (Å²) in [6.07, 6.45) is 3.30. The smallest absolute Gasteiger partial charge is 0.335 e. The molecule has 0 bridgehead atoms. The van der Waals surface area contributed by atoms with E-state index < -0.39 is 5.97 Å². The number of carboxylic acids is 1. The minimum Gasteiger partial charge on any atom is -0.478 e. The number of anilines is 1. The third kappa shape index (κ3) is 2.66. The van der Waals surface area contributed by atoms with Gasteiger partial charge in [0, 0.05) is 17.8 Å². The second kappa shape index (κ2) is 4.74. The summed E-state index contributed by atoms with van der Waals surface area (Å²) in [5.74, 6) is -0.908. The molecular weight excluding hydrogens is 218 g/mol. The van der Waals surface area contributed by atoms with Gasteiger partial charge in [-0.1, -0.05) is 0 Å². The van der Waals surface area contributed by atoms with Crippen LogP contribution in [0.5, 0.6) is 0 Å². The molecule has 4 heteroatoms. The molecule has 1 aromatic carbocycles. The van der Waals surface area contributed by atoms with E-state index in [0.29, 0.717) is 12.1 Å². The maximum absolute atomic E-state index is 10.8. The highest BCUT2D eigenvalue weighted by atomic mass is 16.4. The Balaban J connectivity index is 2.09. The van der Waals surface area contributed by atoms with Crippen LogP contribution in [0, 0.1) is 6.92 Å². The van der Waals surface area contributed by atoms with E-state index in [-0.39, 0.29) is 0 Å². The minimum atomic E-state index is -0.908. The van der Waals surface area contributed by atoms with E-state index in [9.17, 15) is 4.79 Å². The van der Waals surface area contributed by atoms with E-state index in [2.05, 4.69) is 5.32 Å². The lowest BCUT2D eigenvalue weighted by Gasteiger charge is -2.09. The first-order valence-electron chi connectivity index (χ1n) is 5.25. The van der Waals surface area contributed by atoms with Gasteiger partial charge in [0.2, 0.25) is 0 Å². The summed E-state index contributed by atoms with van der Waals surface area (Å²) >= 11 is 0. The van der Waals surface area contributed by atoms with Gasteiger partial charge >= 0.3 is 5.97 Å². The molecule has 0 spiro atoms. The largest absolute Gasteiger partial charge is 0.478 e. The van der Waals surface area contributed by atoms with Crippen LogP contribution in [-0.2, 0) is 6.54 Å². The number of carbonyl (C=O) groups is 1. The molecule has 88 valence electrons. The Labute approximate surface area is 98.9 Å². The molecule has 2 aromatic rings. The van der Waals surface area contributed by atoms with Crippen molar-refractivity contribution in [2.45, 2.75) is 13.5 Å². The SMILES string of the molecule is Cc1cc(C(=O)O)ccc1NCc1ccoc1. The summed E-state index contributed by atoms with van der Waals surface area (Å²) in [6.45, 7) is 2.54. The number of nitrogens with one attached hydrogen (secondary N) is 1. The lowest BCUT2D eigenvalue weighted by atomic mass is 10.1. The first-order chi connectivity index (χ1) is 8.16. The van der Waals surface area contributed by atoms with Crippen LogP contribution in [0.15, 0.2) is 41.2 Å². The summed E-state index contributed by atoms with van der Waals surface area (Å²) in [5, 5.41) is 12.1. The maximum atomic E-state index is 10.8. The molecular formula is C13H13NO3. The summed E-state index contributed by atoms with van der Waals surface area (Å²) in [4.78, 5) is 10.8. The van der Waals surface area contributed by atoms with Crippen molar-refractivity contribution in [3.05, 3.63) is 53.5 Å². The van der Waals surface area contributed by atoms with Crippen molar-refractivity contribution >= 4 is 11.7 Å². The predicted molar refractivity (Wildman–Crippen MR) is 64.2 cm³/mol. The van der Waals surface area contributed by atoms with E-state index in [1.165, 1.54) is 0 Å². The second-order valence-electron chi connectivity index (χ2n) is 3.82. The van der Waals surface area contributed by atoms with Gasteiger partial charge in [-0.25, -0.2) is 4.79 Å². The third-order valence-corrected chi connectivity index (χ3v) is 2.54. The molecule has 0 amide bonds. The van der Waals surface area contributed by atoms with Gasteiger partial charge in [0.1, 0.15) is 0 Å². The first-order valence-corrected chi connectivity index (χ1v) is 5.25. The Kier molecular flexibility index (Phi) is 3.14. The van der Waals surface area contributed by atoms with E-state index in [1.807, 2.05) is 13.0 Å². The zero-order chi connectivity index (χ0) is 12.3. The van der Waals surface area contributed by atoms with Crippen LogP contribution in [0.3, 0.4) is 0 Å². The minimum absolute atomic E-state index is 0.302. The lowest BCUT2D eigenvalue weighted by molar-refractivity contribution is 0.0697. The molecule has 0 radical (unpaired) electrons. The van der Waals surface area contributed by atoms with E-state index >= 15 is 0 Å². The lowest BCUT2D eigenvalue weighted by Crippen LogP contribution is -2.02. The monoisotopic (exact) mass is 231 g/mol. The fourth-order valence-corrected chi connectivity index (χ4v) is 1.59. The zero-order valence-corrected chi connectivity index (χ0v) is 9.43. The molecule has 4 nitrogen and oxygen atoms in total. The summed E-state index contributed by atoms with van der Waals surface area (Å²) < 4.78 is 4.97. The number of aryl methyl sites for hydroxylation is 1. The molecule has 1 heterocycles. The number of hydrogen-bond donors (Lipinski definition) is 2. The number of benzene rings is 1. The predicted octanol–water partition coefficient (Wildman–Crippen LogP) is 2.90. The van der Waals surface area contributed by atoms with Gasteiger partial charge in [0.25, 0.3) is 0 Å². The molecule has 0 atom stereocenters. The highest BCUT2D eigenvalue weighted by molar-refractivity contribution is 5.88. The number of rotatable bonds is 4. The Morgan fingerprint density at radius 2 is 2.24 bits per heavy atom. The Morgan fingerprint density at radius 1 is 1.41 bits per heavy atom. The van der Waals surface area contributed by atoms with Crippen molar-refractivity contribution in [1.29, 1.82) is 0 Å². The molecule has 0 aliphatic carbocycles. The molecule has 1 aromatic heterocycles. The van der Waals surface area contributed by atoms with Crippen LogP contribution in [0.2, 0.25) is 0 Å². The number of furan rings is 1. The van der Waals surface area contributed by atoms with Crippen LogP contribution in [0.4, 0.5) is 5.69 Å². The second-order valence-corrected chi connectivity index (χ2v) is 3.82. The zero-order valence-electron chi connectivity index (χ0n) is 9.43. The van der Waals surface area contributed by atoms with Crippen molar-refractivity contribution in [2.75, 3.05) is 5.32 Å². The van der Waals surface area contributed by atoms with E-state index in [1.54, 1.807) is 30.7 Å². The summed E-state index contributed by atoms with van der Waals surface area (Å²) in [7, 11) is 0. The normalized spacial score (nSPS) is 10.2. The third-order valence-electron chi connectivity index (χ3n) is 2.54. The van der Waals surface area contributed by atoms with Crippen molar-refractivity contribution in [2.24, 2.45) is 0 Å². The Hall–Kier alpha value is -2.23. The van der Waals surface area contributed by atoms with E-state index in [4.69, 9.17) is 9.52 Å². The molecule has 2 rings (SSSR count). The molecule has 0 saturated heterocycles. The topological polar surface area (TPSA) is 62.5 Å². The molecule has 0 aliphatic rings. The Bertz CT molecular complexity index is 517. The first kappa shape index (κ1) is 11.3. The van der Waals surface area contributed by atoms with Gasteiger partial charge < -0.3 is 14.8 Å². The molecule has 0 fully saturated rings. The fourth-order valence-electron chi connectivity index (χ4n) is 1.59. The van der Waals surface area contributed by atoms with Crippen molar-refractivity contribution < 1.29 is 14.3 Å². The Morgan fingerprint density at radius 3 is 2.82 bits per heavy atom. The molecule has 0 unspecified atom stereocenters. The van der Waals surface area contributed by atoms with E-state index in [0.717, 1.165) is 16.8 Å². The number of aromatic carboxylic acids is 1. The van der Waals surface area contributed by atoms with Gasteiger partial charge in [-0.2, -0.15) is 0 Å². The molecule has 17 heavy (non-hydrogen) atoms. The maximum Gasteiger partial charge on any atom is 0.335 e.